The molecule has 0 aliphatic carbocycles. The summed E-state index contributed by atoms with van der Waals surface area (Å²) in [6.45, 7) is 11.5. The van der Waals surface area contributed by atoms with Crippen LogP contribution in [0, 0.1) is 59.7 Å². The van der Waals surface area contributed by atoms with Crippen LogP contribution in [0.15, 0.2) is 0 Å². The molecule has 3 aromatic rings. The van der Waals surface area contributed by atoms with Gasteiger partial charge >= 0.3 is 24.7 Å². The molecule has 0 aromatic carbocycles. The molecule has 0 amide bonds. The number of aromatic nitrogens is 6. The van der Waals surface area contributed by atoms with Gasteiger partial charge in [0.1, 0.15) is 0 Å². The molecule has 0 saturated heterocycles. The van der Waals surface area contributed by atoms with Gasteiger partial charge in [-0.05, 0) is 0 Å². The summed E-state index contributed by atoms with van der Waals surface area (Å²) in [6, 6.07) is 8.92. The zero-order valence-corrected chi connectivity index (χ0v) is 16.9. The van der Waals surface area contributed by atoms with Crippen molar-refractivity contribution >= 4 is 7.32 Å². The fraction of sp³-hybridized carbons (Fsp3) is 0.400. The van der Waals surface area contributed by atoms with Crippen LogP contribution in [-0.4, -0.2) is 53.0 Å². The predicted molar refractivity (Wildman–Crippen MR) is 93.1 cm³/mol. The van der Waals surface area contributed by atoms with Crippen molar-refractivity contribution in [3.63, 3.8) is 0 Å². The van der Waals surface area contributed by atoms with Gasteiger partial charge in [0.2, 0.25) is 0 Å². The third-order valence-corrected chi connectivity index (χ3v) is 2.28. The zero-order valence-electron chi connectivity index (χ0n) is 15.7. The third kappa shape index (κ3) is 15.6. The molecule has 9 nitrogen and oxygen atoms in total. The van der Waals surface area contributed by atoms with E-state index in [1.807, 2.05) is 41.5 Å². The molecule has 6 N–H and O–H groups in total. The molecule has 0 fully saturated rings. The van der Waals surface area contributed by atoms with Crippen LogP contribution < -0.4 is 0 Å². The Morgan fingerprint density at radius 1 is 0.615 bits per heavy atom. The van der Waals surface area contributed by atoms with Crippen molar-refractivity contribution in [3.05, 3.63) is 52.4 Å². The van der Waals surface area contributed by atoms with Gasteiger partial charge in [-0.1, -0.05) is 41.5 Å². The number of rotatable bonds is 0. The van der Waals surface area contributed by atoms with Crippen molar-refractivity contribution in [2.45, 2.75) is 41.5 Å². The Hall–Kier alpha value is -1.89. The van der Waals surface area contributed by atoms with Gasteiger partial charge < -0.3 is 48.6 Å². The molecule has 0 saturated carbocycles. The van der Waals surface area contributed by atoms with Crippen molar-refractivity contribution in [1.82, 2.24) is 30.6 Å². The number of hydrogen-bond donors (Lipinski definition) is 6. The predicted octanol–water partition coefficient (Wildman–Crippen LogP) is 0.426. The summed E-state index contributed by atoms with van der Waals surface area (Å²) >= 11 is 0. The Morgan fingerprint density at radius 2 is 0.808 bits per heavy atom. The van der Waals surface area contributed by atoms with Gasteiger partial charge in [0.15, 0.2) is 0 Å². The summed E-state index contributed by atoms with van der Waals surface area (Å²) < 4.78 is 0. The standard InChI is InChI=1S/3C5H7N2.BH3O3.Cr/c3*1-4-3-5(2)7-6-4;2-1(3)4;/h3*1-2H3,(H,6,7);2-4H;/q3*-1;;+3. The molecular weight excluding hydrogens is 375 g/mol. The van der Waals surface area contributed by atoms with Crippen LogP contribution in [-0.2, 0) is 17.4 Å². The van der Waals surface area contributed by atoms with E-state index in [9.17, 15) is 0 Å². The summed E-state index contributed by atoms with van der Waals surface area (Å²) in [5, 5.41) is 41.3. The van der Waals surface area contributed by atoms with Gasteiger partial charge in [0, 0.05) is 0 Å². The Morgan fingerprint density at radius 3 is 0.846 bits per heavy atom. The number of aryl methyl sites for hydroxylation is 6. The monoisotopic (exact) mass is 399 g/mol. The van der Waals surface area contributed by atoms with Gasteiger partial charge in [-0.25, -0.2) is 15.3 Å². The topological polar surface area (TPSA) is 147 Å². The molecule has 0 bridgehead atoms. The van der Waals surface area contributed by atoms with Crippen molar-refractivity contribution in [2.75, 3.05) is 0 Å². The molecule has 1 radical (unpaired) electrons. The van der Waals surface area contributed by atoms with Crippen LogP contribution in [0.4, 0.5) is 0 Å². The minimum Gasteiger partial charge on any atom is -0.426 e. The normalized spacial score (nSPS) is 8.65. The van der Waals surface area contributed by atoms with Crippen molar-refractivity contribution in [3.8, 4) is 0 Å². The second-order valence-corrected chi connectivity index (χ2v) is 5.02. The second-order valence-electron chi connectivity index (χ2n) is 5.02. The van der Waals surface area contributed by atoms with Gasteiger partial charge in [0.25, 0.3) is 0 Å². The van der Waals surface area contributed by atoms with E-state index in [1.54, 1.807) is 0 Å². The molecule has 3 rings (SSSR count). The van der Waals surface area contributed by atoms with E-state index in [0.29, 0.717) is 0 Å². The summed E-state index contributed by atoms with van der Waals surface area (Å²) in [7, 11) is -2.17. The molecule has 3 aromatic heterocycles. The second kappa shape index (κ2) is 14.3. The van der Waals surface area contributed by atoms with Gasteiger partial charge in [-0.15, -0.1) is 34.2 Å². The Kier molecular flexibility index (Phi) is 14.5. The number of H-pyrrole nitrogens is 3. The van der Waals surface area contributed by atoms with Crippen LogP contribution in [0.1, 0.15) is 34.2 Å². The fourth-order valence-electron chi connectivity index (χ4n) is 1.48. The first kappa shape index (κ1) is 26.3. The Balaban J connectivity index is 0. The Labute approximate surface area is 164 Å². The summed E-state index contributed by atoms with van der Waals surface area (Å²) in [5.74, 6) is 0. The number of nitrogens with zero attached hydrogens (tertiary/aromatic N) is 3. The maximum atomic E-state index is 7.17. The molecule has 141 valence electrons. The van der Waals surface area contributed by atoms with Crippen LogP contribution >= 0.6 is 0 Å². The van der Waals surface area contributed by atoms with Crippen LogP contribution in [0.2, 0.25) is 0 Å². The van der Waals surface area contributed by atoms with E-state index >= 15 is 0 Å². The quantitative estimate of drug-likeness (QED) is 0.239. The van der Waals surface area contributed by atoms with E-state index in [1.165, 1.54) is 0 Å². The van der Waals surface area contributed by atoms with Crippen molar-refractivity contribution in [2.24, 2.45) is 0 Å². The zero-order chi connectivity index (χ0) is 19.4. The summed E-state index contributed by atoms with van der Waals surface area (Å²) in [4.78, 5) is 0. The first-order chi connectivity index (χ1) is 11.6. The van der Waals surface area contributed by atoms with Crippen molar-refractivity contribution in [1.29, 1.82) is 0 Å². The number of aromatic amines is 3. The molecular formula is C15H24BCrN6O3. The summed E-state index contributed by atoms with van der Waals surface area (Å²) in [6.07, 6.45) is 0. The average Bonchev–Trinajstić information content (AvgIpc) is 3.15. The van der Waals surface area contributed by atoms with Gasteiger partial charge in [-0.2, -0.15) is 0 Å². The molecule has 0 spiro atoms. The van der Waals surface area contributed by atoms with E-state index in [4.69, 9.17) is 15.1 Å². The van der Waals surface area contributed by atoms with Crippen molar-refractivity contribution < 1.29 is 32.4 Å². The SMILES string of the molecule is Cc1[c-]c(C)[nH]n1.Cc1[c-]c(C)[nH]n1.Cc1[c-]c(C)[nH]n1.OB(O)O.[Cr+3]. The van der Waals surface area contributed by atoms with E-state index in [0.717, 1.165) is 34.2 Å². The molecule has 0 unspecified atom stereocenters. The smallest absolute Gasteiger partial charge is 0.426 e. The largest absolute Gasteiger partial charge is 3.00 e. The summed E-state index contributed by atoms with van der Waals surface area (Å²) in [5.41, 5.74) is 5.78. The molecule has 0 aliphatic heterocycles. The maximum Gasteiger partial charge on any atom is 3.00 e. The van der Waals surface area contributed by atoms with Crippen LogP contribution in [0.5, 0.6) is 0 Å². The molecule has 26 heavy (non-hydrogen) atoms. The number of hydrogen-bond acceptors (Lipinski definition) is 6. The first-order valence-electron chi connectivity index (χ1n) is 7.37. The minimum atomic E-state index is -2.17. The van der Waals surface area contributed by atoms with Gasteiger partial charge in [-0.3, -0.25) is 0 Å². The van der Waals surface area contributed by atoms with Crippen LogP contribution in [0.3, 0.4) is 0 Å². The fourth-order valence-corrected chi connectivity index (χ4v) is 1.48. The first-order valence-corrected chi connectivity index (χ1v) is 7.37. The molecule has 3 heterocycles. The average molecular weight is 399 g/mol. The minimum absolute atomic E-state index is 0. The molecule has 11 heteroatoms. The Bertz CT molecular complexity index is 570. The van der Waals surface area contributed by atoms with E-state index in [-0.39, 0.29) is 17.4 Å². The molecule has 0 aliphatic rings. The van der Waals surface area contributed by atoms with E-state index in [2.05, 4.69) is 48.8 Å². The molecule has 0 atom stereocenters. The van der Waals surface area contributed by atoms with Gasteiger partial charge in [0.05, 0.1) is 0 Å². The number of nitrogens with one attached hydrogen (secondary N) is 3. The van der Waals surface area contributed by atoms with E-state index < -0.39 is 7.32 Å². The van der Waals surface area contributed by atoms with Crippen LogP contribution in [0.25, 0.3) is 0 Å². The maximum absolute atomic E-state index is 7.17. The third-order valence-electron chi connectivity index (χ3n) is 2.28.